The zero-order chi connectivity index (χ0) is 23.7. The maximum Gasteiger partial charge on any atom is 0.276 e. The van der Waals surface area contributed by atoms with Gasteiger partial charge in [-0.15, -0.1) is 0 Å². The molecule has 1 aliphatic rings. The third kappa shape index (κ3) is 4.48. The average molecular weight is 463 g/mol. The number of hydrogen-bond acceptors (Lipinski definition) is 4. The Bertz CT molecular complexity index is 1300. The van der Waals surface area contributed by atoms with Gasteiger partial charge in [-0.3, -0.25) is 9.48 Å². The summed E-state index contributed by atoms with van der Waals surface area (Å²) in [5.74, 6) is -0.116. The molecule has 3 heterocycles. The van der Waals surface area contributed by atoms with Crippen molar-refractivity contribution in [3.8, 4) is 22.6 Å². The van der Waals surface area contributed by atoms with Gasteiger partial charge in [0.15, 0.2) is 17.3 Å². The number of piperidine rings is 1. The molecule has 4 aromatic rings. The standard InChI is InChI=1S/C26H24F2N4O2/c1-17-29-24(25(34-17)19-7-11-21(28)12-8-19)26(33)32-14-3-2-4-22(32)16-31-15-13-23(30-31)18-5-9-20(27)10-6-18/h5-13,15,22H,2-4,14,16H2,1H3. The summed E-state index contributed by atoms with van der Waals surface area (Å²) in [7, 11) is 0. The molecule has 6 nitrogen and oxygen atoms in total. The Morgan fingerprint density at radius 3 is 2.38 bits per heavy atom. The lowest BCUT2D eigenvalue weighted by atomic mass is 10.0. The molecule has 0 aliphatic carbocycles. The molecule has 0 spiro atoms. The molecular formula is C26H24F2N4O2. The molecule has 174 valence electrons. The molecule has 1 unspecified atom stereocenters. The van der Waals surface area contributed by atoms with E-state index in [0.717, 1.165) is 30.5 Å². The van der Waals surface area contributed by atoms with Gasteiger partial charge in [0.25, 0.3) is 5.91 Å². The first-order valence-electron chi connectivity index (χ1n) is 11.3. The van der Waals surface area contributed by atoms with Crippen molar-refractivity contribution < 1.29 is 18.0 Å². The van der Waals surface area contributed by atoms with Gasteiger partial charge >= 0.3 is 0 Å². The molecule has 8 heteroatoms. The number of carbonyl (C=O) groups is 1. The Hall–Kier alpha value is -3.81. The highest BCUT2D eigenvalue weighted by Gasteiger charge is 2.32. The van der Waals surface area contributed by atoms with Crippen LogP contribution in [-0.2, 0) is 6.54 Å². The van der Waals surface area contributed by atoms with E-state index >= 15 is 0 Å². The number of rotatable bonds is 5. The zero-order valence-electron chi connectivity index (χ0n) is 18.7. The molecule has 34 heavy (non-hydrogen) atoms. The number of oxazole rings is 1. The fourth-order valence-electron chi connectivity index (χ4n) is 4.42. The second-order valence-corrected chi connectivity index (χ2v) is 8.50. The Balaban J connectivity index is 1.38. The summed E-state index contributed by atoms with van der Waals surface area (Å²) in [6, 6.07) is 13.9. The third-order valence-electron chi connectivity index (χ3n) is 6.11. The molecule has 2 aromatic heterocycles. The smallest absolute Gasteiger partial charge is 0.276 e. The van der Waals surface area contributed by atoms with Crippen molar-refractivity contribution >= 4 is 5.91 Å². The van der Waals surface area contributed by atoms with Gasteiger partial charge in [-0.05, 0) is 73.9 Å². The summed E-state index contributed by atoms with van der Waals surface area (Å²) >= 11 is 0. The van der Waals surface area contributed by atoms with Crippen molar-refractivity contribution in [1.82, 2.24) is 19.7 Å². The number of benzene rings is 2. The molecule has 2 aromatic carbocycles. The molecule has 1 aliphatic heterocycles. The van der Waals surface area contributed by atoms with E-state index in [4.69, 9.17) is 4.42 Å². The number of amides is 1. The molecule has 1 atom stereocenters. The Morgan fingerprint density at radius 2 is 1.68 bits per heavy atom. The predicted molar refractivity (Wildman–Crippen MR) is 123 cm³/mol. The first kappa shape index (κ1) is 22.0. The van der Waals surface area contributed by atoms with Crippen molar-refractivity contribution in [2.24, 2.45) is 0 Å². The maximum absolute atomic E-state index is 13.6. The van der Waals surface area contributed by atoms with Crippen LogP contribution in [0.2, 0.25) is 0 Å². The van der Waals surface area contributed by atoms with Crippen LogP contribution in [0.1, 0.15) is 35.6 Å². The monoisotopic (exact) mass is 462 g/mol. The van der Waals surface area contributed by atoms with E-state index in [1.54, 1.807) is 31.2 Å². The van der Waals surface area contributed by atoms with Crippen LogP contribution in [0, 0.1) is 18.6 Å². The van der Waals surface area contributed by atoms with Gasteiger partial charge < -0.3 is 9.32 Å². The number of hydrogen-bond donors (Lipinski definition) is 0. The van der Waals surface area contributed by atoms with Crippen molar-refractivity contribution in [3.63, 3.8) is 0 Å². The molecule has 0 bridgehead atoms. The predicted octanol–water partition coefficient (Wildman–Crippen LogP) is 5.49. The first-order valence-corrected chi connectivity index (χ1v) is 11.3. The van der Waals surface area contributed by atoms with Gasteiger partial charge in [-0.2, -0.15) is 5.10 Å². The minimum Gasteiger partial charge on any atom is -0.440 e. The summed E-state index contributed by atoms with van der Waals surface area (Å²) in [6.45, 7) is 2.85. The molecule has 0 radical (unpaired) electrons. The van der Waals surface area contributed by atoms with Crippen LogP contribution in [0.15, 0.2) is 65.2 Å². The number of halogens is 2. The van der Waals surface area contributed by atoms with Crippen LogP contribution in [0.5, 0.6) is 0 Å². The van der Waals surface area contributed by atoms with Crippen molar-refractivity contribution in [3.05, 3.63) is 84.0 Å². The highest BCUT2D eigenvalue weighted by atomic mass is 19.1. The van der Waals surface area contributed by atoms with Crippen LogP contribution >= 0.6 is 0 Å². The van der Waals surface area contributed by atoms with Crippen LogP contribution < -0.4 is 0 Å². The van der Waals surface area contributed by atoms with Gasteiger partial charge in [-0.25, -0.2) is 13.8 Å². The van der Waals surface area contributed by atoms with Crippen LogP contribution in [0.3, 0.4) is 0 Å². The number of likely N-dealkylation sites (tertiary alicyclic amines) is 1. The zero-order valence-corrected chi connectivity index (χ0v) is 18.7. The fraction of sp³-hybridized carbons (Fsp3) is 0.269. The summed E-state index contributed by atoms with van der Waals surface area (Å²) in [5, 5.41) is 4.63. The summed E-state index contributed by atoms with van der Waals surface area (Å²) in [6.07, 6.45) is 4.65. The quantitative estimate of drug-likeness (QED) is 0.394. The highest BCUT2D eigenvalue weighted by Crippen LogP contribution is 2.29. The molecule has 1 amide bonds. The summed E-state index contributed by atoms with van der Waals surface area (Å²) in [4.78, 5) is 19.8. The van der Waals surface area contributed by atoms with E-state index in [-0.39, 0.29) is 29.3 Å². The normalized spacial score (nSPS) is 16.1. The van der Waals surface area contributed by atoms with E-state index in [0.29, 0.717) is 30.3 Å². The number of aryl methyl sites for hydroxylation is 1. The number of carbonyl (C=O) groups excluding carboxylic acids is 1. The van der Waals surface area contributed by atoms with Gasteiger partial charge in [0.1, 0.15) is 11.6 Å². The molecule has 5 rings (SSSR count). The first-order chi connectivity index (χ1) is 16.5. The molecule has 0 saturated carbocycles. The number of aromatic nitrogens is 3. The lowest BCUT2D eigenvalue weighted by molar-refractivity contribution is 0.0579. The second-order valence-electron chi connectivity index (χ2n) is 8.50. The van der Waals surface area contributed by atoms with E-state index in [9.17, 15) is 13.6 Å². The summed E-state index contributed by atoms with van der Waals surface area (Å²) < 4.78 is 34.2. The molecular weight excluding hydrogens is 438 g/mol. The van der Waals surface area contributed by atoms with E-state index in [1.165, 1.54) is 24.3 Å². The van der Waals surface area contributed by atoms with Gasteiger partial charge in [0, 0.05) is 30.8 Å². The Labute approximate surface area is 195 Å². The third-order valence-corrected chi connectivity index (χ3v) is 6.11. The highest BCUT2D eigenvalue weighted by molar-refractivity contribution is 5.98. The van der Waals surface area contributed by atoms with E-state index in [1.807, 2.05) is 21.8 Å². The maximum atomic E-state index is 13.6. The van der Waals surface area contributed by atoms with E-state index in [2.05, 4.69) is 10.1 Å². The van der Waals surface area contributed by atoms with Crippen LogP contribution in [-0.4, -0.2) is 38.2 Å². The molecule has 1 saturated heterocycles. The fourth-order valence-corrected chi connectivity index (χ4v) is 4.42. The SMILES string of the molecule is Cc1nc(C(=O)N2CCCCC2Cn2ccc(-c3ccc(F)cc3)n2)c(-c2ccc(F)cc2)o1. The second kappa shape index (κ2) is 9.21. The van der Waals surface area contributed by atoms with Crippen LogP contribution in [0.25, 0.3) is 22.6 Å². The lowest BCUT2D eigenvalue weighted by Crippen LogP contribution is -2.46. The lowest BCUT2D eigenvalue weighted by Gasteiger charge is -2.35. The van der Waals surface area contributed by atoms with Crippen molar-refractivity contribution in [2.45, 2.75) is 38.8 Å². The average Bonchev–Trinajstić information content (AvgIpc) is 3.47. The van der Waals surface area contributed by atoms with Gasteiger partial charge in [0.05, 0.1) is 18.3 Å². The molecule has 1 fully saturated rings. The van der Waals surface area contributed by atoms with Crippen LogP contribution in [0.4, 0.5) is 8.78 Å². The Morgan fingerprint density at radius 1 is 1.00 bits per heavy atom. The largest absolute Gasteiger partial charge is 0.440 e. The van der Waals surface area contributed by atoms with Gasteiger partial charge in [-0.1, -0.05) is 0 Å². The van der Waals surface area contributed by atoms with Gasteiger partial charge in [0.2, 0.25) is 0 Å². The number of nitrogens with zero attached hydrogens (tertiary/aromatic N) is 4. The minimum atomic E-state index is -0.358. The van der Waals surface area contributed by atoms with E-state index < -0.39 is 0 Å². The minimum absolute atomic E-state index is 0.0553. The van der Waals surface area contributed by atoms with Crippen molar-refractivity contribution in [1.29, 1.82) is 0 Å². The Kier molecular flexibility index (Phi) is 5.96. The topological polar surface area (TPSA) is 64.2 Å². The molecule has 0 N–H and O–H groups in total. The van der Waals surface area contributed by atoms with Crippen molar-refractivity contribution in [2.75, 3.05) is 6.54 Å². The summed E-state index contributed by atoms with van der Waals surface area (Å²) in [5.41, 5.74) is 2.43.